The first kappa shape index (κ1) is 25.3. The van der Waals surface area contributed by atoms with Crippen molar-refractivity contribution in [3.63, 3.8) is 0 Å². The topological polar surface area (TPSA) is 99.7 Å². The largest absolute Gasteiger partial charge is 0.495 e. The molecule has 2 N–H and O–H groups in total. The van der Waals surface area contributed by atoms with Gasteiger partial charge in [0, 0.05) is 31.2 Å². The van der Waals surface area contributed by atoms with Crippen LogP contribution in [0.15, 0.2) is 24.4 Å². The molecule has 0 bridgehead atoms. The molecule has 0 atom stereocenters. The molecule has 37 heavy (non-hydrogen) atoms. The molecule has 3 aliphatic rings. The smallest absolute Gasteiger partial charge is 0.251 e. The van der Waals surface area contributed by atoms with Crippen molar-refractivity contribution in [2.75, 3.05) is 35.8 Å². The fourth-order valence-corrected chi connectivity index (χ4v) is 5.92. The summed E-state index contributed by atoms with van der Waals surface area (Å²) in [6.07, 6.45) is 10.7. The number of methoxy groups -OCH3 is 1. The summed E-state index contributed by atoms with van der Waals surface area (Å²) in [6, 6.07) is 5.97. The number of ether oxygens (including phenoxy) is 1. The van der Waals surface area contributed by atoms with E-state index < -0.39 is 5.41 Å². The van der Waals surface area contributed by atoms with Crippen molar-refractivity contribution in [1.82, 2.24) is 15.3 Å². The second kappa shape index (κ2) is 10.2. The van der Waals surface area contributed by atoms with Crippen LogP contribution in [0.25, 0.3) is 0 Å². The highest BCUT2D eigenvalue weighted by atomic mass is 16.5. The zero-order chi connectivity index (χ0) is 26.2. The van der Waals surface area contributed by atoms with Crippen LogP contribution < -0.4 is 25.2 Å². The quantitative estimate of drug-likeness (QED) is 0.588. The average Bonchev–Trinajstić information content (AvgIpc) is 3.60. The van der Waals surface area contributed by atoms with Crippen LogP contribution in [0, 0.1) is 5.41 Å². The number of nitrogens with one attached hydrogen (secondary N) is 2. The lowest BCUT2D eigenvalue weighted by atomic mass is 9.91. The van der Waals surface area contributed by atoms with E-state index in [2.05, 4.69) is 20.5 Å². The number of aromatic nitrogens is 2. The van der Waals surface area contributed by atoms with Crippen LogP contribution in [-0.4, -0.2) is 54.6 Å². The molecule has 0 radical (unpaired) electrons. The number of benzene rings is 1. The van der Waals surface area contributed by atoms with E-state index in [1.54, 1.807) is 37.4 Å². The zero-order valence-corrected chi connectivity index (χ0v) is 22.3. The number of amides is 2. The molecular formula is C28H38N6O3. The Morgan fingerprint density at radius 3 is 2.51 bits per heavy atom. The molecule has 1 aliphatic heterocycles. The van der Waals surface area contributed by atoms with E-state index in [1.165, 1.54) is 12.8 Å². The number of fused-ring (bicyclic) bond motifs is 1. The maximum atomic E-state index is 13.2. The molecule has 2 heterocycles. The number of hydrogen-bond acceptors (Lipinski definition) is 7. The van der Waals surface area contributed by atoms with Crippen molar-refractivity contribution in [2.45, 2.75) is 77.3 Å². The minimum Gasteiger partial charge on any atom is -0.495 e. The minimum absolute atomic E-state index is 0.0618. The van der Waals surface area contributed by atoms with Crippen molar-refractivity contribution in [1.29, 1.82) is 0 Å². The number of carbonyl (C=O) groups excluding carboxylic acids is 2. The molecule has 5 rings (SSSR count). The molecule has 198 valence electrons. The van der Waals surface area contributed by atoms with Crippen LogP contribution in [0.1, 0.15) is 75.6 Å². The first-order valence-corrected chi connectivity index (χ1v) is 13.4. The number of carbonyl (C=O) groups is 2. The van der Waals surface area contributed by atoms with Crippen LogP contribution in [0.2, 0.25) is 0 Å². The van der Waals surface area contributed by atoms with Gasteiger partial charge in [0.1, 0.15) is 11.4 Å². The molecule has 2 aliphatic carbocycles. The van der Waals surface area contributed by atoms with E-state index in [4.69, 9.17) is 9.72 Å². The van der Waals surface area contributed by atoms with Crippen LogP contribution >= 0.6 is 0 Å². The van der Waals surface area contributed by atoms with Crippen LogP contribution in [0.4, 0.5) is 23.1 Å². The average molecular weight is 507 g/mol. The summed E-state index contributed by atoms with van der Waals surface area (Å²) in [5.74, 6) is 1.71. The summed E-state index contributed by atoms with van der Waals surface area (Å²) >= 11 is 0. The molecular weight excluding hydrogens is 468 g/mol. The Balaban J connectivity index is 1.43. The van der Waals surface area contributed by atoms with Gasteiger partial charge in [0.25, 0.3) is 5.91 Å². The molecule has 0 saturated heterocycles. The van der Waals surface area contributed by atoms with Gasteiger partial charge in [-0.2, -0.15) is 4.98 Å². The van der Waals surface area contributed by atoms with E-state index in [1.807, 2.05) is 19.9 Å². The molecule has 9 heteroatoms. The molecule has 1 aromatic heterocycles. The van der Waals surface area contributed by atoms with Gasteiger partial charge in [-0.3, -0.25) is 9.59 Å². The third kappa shape index (κ3) is 5.08. The highest BCUT2D eigenvalue weighted by Crippen LogP contribution is 2.40. The Kier molecular flexibility index (Phi) is 6.96. The monoisotopic (exact) mass is 506 g/mol. The summed E-state index contributed by atoms with van der Waals surface area (Å²) in [5, 5.41) is 6.41. The predicted molar refractivity (Wildman–Crippen MR) is 145 cm³/mol. The molecule has 0 spiro atoms. The van der Waals surface area contributed by atoms with Crippen molar-refractivity contribution in [3.8, 4) is 5.75 Å². The normalized spacial score (nSPS) is 20.1. The molecule has 2 fully saturated rings. The van der Waals surface area contributed by atoms with Gasteiger partial charge in [0.2, 0.25) is 11.9 Å². The Morgan fingerprint density at radius 1 is 1.11 bits per heavy atom. The minimum atomic E-state index is -0.538. The van der Waals surface area contributed by atoms with Crippen LogP contribution in [-0.2, 0) is 4.79 Å². The number of rotatable bonds is 6. The maximum Gasteiger partial charge on any atom is 0.251 e. The van der Waals surface area contributed by atoms with E-state index in [0.717, 1.165) is 50.0 Å². The lowest BCUT2D eigenvalue weighted by Crippen LogP contribution is -2.45. The number of hydrogen-bond donors (Lipinski definition) is 2. The van der Waals surface area contributed by atoms with Crippen LogP contribution in [0.5, 0.6) is 5.75 Å². The fourth-order valence-electron chi connectivity index (χ4n) is 5.92. The SMILES string of the molecule is COc1cc(C(=O)NC2CCCC2)ccc1Nc1ncc2c(n1)N(C1CCCC1)CC(C)(C)C(=O)N2C. The van der Waals surface area contributed by atoms with E-state index in [-0.39, 0.29) is 17.9 Å². The summed E-state index contributed by atoms with van der Waals surface area (Å²) in [7, 11) is 3.39. The molecule has 0 unspecified atom stereocenters. The summed E-state index contributed by atoms with van der Waals surface area (Å²) in [6.45, 7) is 4.61. The van der Waals surface area contributed by atoms with Crippen molar-refractivity contribution in [2.24, 2.45) is 5.41 Å². The molecule has 2 amide bonds. The summed E-state index contributed by atoms with van der Waals surface area (Å²) < 4.78 is 5.61. The van der Waals surface area contributed by atoms with Crippen LogP contribution in [0.3, 0.4) is 0 Å². The molecule has 2 aromatic rings. The number of anilines is 4. The predicted octanol–water partition coefficient (Wildman–Crippen LogP) is 4.65. The van der Waals surface area contributed by atoms with Crippen molar-refractivity contribution >= 4 is 35.0 Å². The summed E-state index contributed by atoms with van der Waals surface area (Å²) in [4.78, 5) is 39.4. The Labute approximate surface area is 219 Å². The molecule has 1 aromatic carbocycles. The Bertz CT molecular complexity index is 1170. The lowest BCUT2D eigenvalue weighted by Gasteiger charge is -2.34. The molecule has 9 nitrogen and oxygen atoms in total. The van der Waals surface area contributed by atoms with Gasteiger partial charge in [-0.15, -0.1) is 0 Å². The maximum absolute atomic E-state index is 13.2. The fraction of sp³-hybridized carbons (Fsp3) is 0.571. The first-order chi connectivity index (χ1) is 17.8. The zero-order valence-electron chi connectivity index (χ0n) is 22.3. The molecule has 2 saturated carbocycles. The van der Waals surface area contributed by atoms with Gasteiger partial charge >= 0.3 is 0 Å². The van der Waals surface area contributed by atoms with Gasteiger partial charge in [0.15, 0.2) is 5.82 Å². The number of nitrogens with zero attached hydrogens (tertiary/aromatic N) is 4. The van der Waals surface area contributed by atoms with Gasteiger partial charge < -0.3 is 25.2 Å². The highest BCUT2D eigenvalue weighted by molar-refractivity contribution is 6.01. The van der Waals surface area contributed by atoms with Gasteiger partial charge in [0.05, 0.1) is 24.4 Å². The summed E-state index contributed by atoms with van der Waals surface area (Å²) in [5.41, 5.74) is 1.42. The Hall–Kier alpha value is -3.36. The van der Waals surface area contributed by atoms with Gasteiger partial charge in [-0.05, 0) is 57.7 Å². The second-order valence-electron chi connectivity index (χ2n) is 11.2. The standard InChI is InChI=1S/C28H38N6O3/c1-28(2)17-34(20-11-7-8-12-20)24-22(33(3)26(28)36)16-29-27(32-24)31-21-14-13-18(15-23(21)37-4)25(35)30-19-9-5-6-10-19/h13-16,19-20H,5-12,17H2,1-4H3,(H,30,35)(H,29,31,32). The van der Waals surface area contributed by atoms with Gasteiger partial charge in [-0.1, -0.05) is 25.7 Å². The lowest BCUT2D eigenvalue weighted by molar-refractivity contribution is -0.125. The third-order valence-corrected chi connectivity index (χ3v) is 8.00. The third-order valence-electron chi connectivity index (χ3n) is 8.00. The van der Waals surface area contributed by atoms with E-state index >= 15 is 0 Å². The van der Waals surface area contributed by atoms with Crippen molar-refractivity contribution in [3.05, 3.63) is 30.0 Å². The second-order valence-corrected chi connectivity index (χ2v) is 11.2. The van der Waals surface area contributed by atoms with E-state index in [9.17, 15) is 9.59 Å². The van der Waals surface area contributed by atoms with Gasteiger partial charge in [-0.25, -0.2) is 4.98 Å². The Morgan fingerprint density at radius 2 is 1.81 bits per heavy atom. The highest BCUT2D eigenvalue weighted by Gasteiger charge is 2.41. The first-order valence-electron chi connectivity index (χ1n) is 13.4. The van der Waals surface area contributed by atoms with E-state index in [0.29, 0.717) is 35.5 Å². The van der Waals surface area contributed by atoms with Crippen molar-refractivity contribution < 1.29 is 14.3 Å².